The Balaban J connectivity index is 0.00000392. The van der Waals surface area contributed by atoms with Crippen molar-refractivity contribution in [3.63, 3.8) is 0 Å². The molecule has 1 atom stereocenters. The van der Waals surface area contributed by atoms with E-state index in [1.807, 2.05) is 27.8 Å². The Labute approximate surface area is 188 Å². The van der Waals surface area contributed by atoms with Crippen molar-refractivity contribution in [3.8, 4) is 0 Å². The van der Waals surface area contributed by atoms with Crippen molar-refractivity contribution in [1.29, 1.82) is 0 Å². The van der Waals surface area contributed by atoms with Crippen LogP contribution >= 0.6 is 24.0 Å². The number of nitrogens with one attached hydrogen (secondary N) is 1. The zero-order chi connectivity index (χ0) is 19.7. The van der Waals surface area contributed by atoms with E-state index >= 15 is 0 Å². The van der Waals surface area contributed by atoms with Crippen LogP contribution in [0.25, 0.3) is 0 Å². The summed E-state index contributed by atoms with van der Waals surface area (Å²) in [5.41, 5.74) is -0.378. The van der Waals surface area contributed by atoms with Crippen LogP contribution in [0.15, 0.2) is 17.1 Å². The molecule has 0 radical (unpaired) electrons. The second kappa shape index (κ2) is 12.7. The second-order valence-electron chi connectivity index (χ2n) is 8.54. The molecule has 0 saturated carbocycles. The summed E-state index contributed by atoms with van der Waals surface area (Å²) in [4.78, 5) is 21.1. The maximum Gasteiger partial charge on any atom is 0.306 e. The highest BCUT2D eigenvalue weighted by Crippen LogP contribution is 2.18. The molecule has 0 amide bonds. The summed E-state index contributed by atoms with van der Waals surface area (Å²) in [5.74, 6) is 0.941. The van der Waals surface area contributed by atoms with E-state index in [0.29, 0.717) is 12.5 Å². The molecule has 2 heterocycles. The van der Waals surface area contributed by atoms with Gasteiger partial charge in [-0.3, -0.25) is 14.7 Å². The van der Waals surface area contributed by atoms with Crippen molar-refractivity contribution in [2.24, 2.45) is 4.99 Å². The molecule has 0 aliphatic carbocycles. The molecule has 162 valence electrons. The first-order chi connectivity index (χ1) is 12.9. The third-order valence-corrected chi connectivity index (χ3v) is 5.05. The van der Waals surface area contributed by atoms with Gasteiger partial charge in [0.2, 0.25) is 0 Å². The fourth-order valence-corrected chi connectivity index (χ4v) is 3.70. The van der Waals surface area contributed by atoms with Crippen molar-refractivity contribution in [2.75, 3.05) is 39.8 Å². The molecule has 28 heavy (non-hydrogen) atoms. The molecule has 1 saturated heterocycles. The molecule has 7 heteroatoms. The number of unbranched alkanes of at least 4 members (excludes halogenated alkanes) is 3. The first-order valence-electron chi connectivity index (χ1n) is 10.5. The average Bonchev–Trinajstić information content (AvgIpc) is 3.26. The third kappa shape index (κ3) is 9.11. The van der Waals surface area contributed by atoms with Gasteiger partial charge in [0, 0.05) is 52.2 Å². The van der Waals surface area contributed by atoms with Crippen LogP contribution in [0.1, 0.15) is 59.3 Å². The molecule has 0 aromatic carbocycles. The van der Waals surface area contributed by atoms with Gasteiger partial charge in [-0.1, -0.05) is 25.0 Å². The van der Waals surface area contributed by atoms with Crippen LogP contribution in [0, 0.1) is 0 Å². The van der Waals surface area contributed by atoms with E-state index in [4.69, 9.17) is 4.74 Å². The average molecular weight is 506 g/mol. The number of carbonyl (C=O) groups is 1. The van der Waals surface area contributed by atoms with E-state index in [-0.39, 0.29) is 35.5 Å². The van der Waals surface area contributed by atoms with Gasteiger partial charge in [0.1, 0.15) is 5.60 Å². The number of carbonyl (C=O) groups excluding carboxylic acids is 1. The van der Waals surface area contributed by atoms with Crippen molar-refractivity contribution in [2.45, 2.75) is 70.9 Å². The Kier molecular flexibility index (Phi) is 11.4. The van der Waals surface area contributed by atoms with Crippen LogP contribution in [0.4, 0.5) is 0 Å². The van der Waals surface area contributed by atoms with E-state index in [1.54, 1.807) is 0 Å². The minimum absolute atomic E-state index is 0. The predicted octanol–water partition coefficient (Wildman–Crippen LogP) is 3.42. The normalized spacial score (nSPS) is 20.4. The monoisotopic (exact) mass is 506 g/mol. The smallest absolute Gasteiger partial charge is 0.306 e. The van der Waals surface area contributed by atoms with Crippen LogP contribution in [-0.2, 0) is 9.53 Å². The van der Waals surface area contributed by atoms with Crippen molar-refractivity contribution in [3.05, 3.63) is 12.2 Å². The fraction of sp³-hybridized carbons (Fsp3) is 0.810. The van der Waals surface area contributed by atoms with Crippen LogP contribution in [0.2, 0.25) is 0 Å². The Morgan fingerprint density at radius 2 is 1.86 bits per heavy atom. The second-order valence-corrected chi connectivity index (χ2v) is 8.54. The molecule has 0 bridgehead atoms. The Hall–Kier alpha value is -0.830. The van der Waals surface area contributed by atoms with Crippen molar-refractivity contribution >= 4 is 35.9 Å². The van der Waals surface area contributed by atoms with Gasteiger partial charge in [-0.25, -0.2) is 0 Å². The van der Waals surface area contributed by atoms with E-state index in [2.05, 4.69) is 32.3 Å². The van der Waals surface area contributed by atoms with E-state index in [9.17, 15) is 4.79 Å². The SMILES string of the molecule is CN=C(NCCCCCCC(=O)OC(C)(C)C)N1CCC(N2CC=CC2)C1.I. The Morgan fingerprint density at radius 3 is 2.50 bits per heavy atom. The van der Waals surface area contributed by atoms with Gasteiger partial charge < -0.3 is 15.0 Å². The minimum Gasteiger partial charge on any atom is -0.460 e. The summed E-state index contributed by atoms with van der Waals surface area (Å²) < 4.78 is 5.33. The summed E-state index contributed by atoms with van der Waals surface area (Å²) in [6.45, 7) is 11.0. The number of likely N-dealkylation sites (tertiary alicyclic amines) is 1. The highest BCUT2D eigenvalue weighted by atomic mass is 127. The largest absolute Gasteiger partial charge is 0.460 e. The Bertz CT molecular complexity index is 523. The molecular weight excluding hydrogens is 467 g/mol. The fourth-order valence-electron chi connectivity index (χ4n) is 3.70. The zero-order valence-electron chi connectivity index (χ0n) is 18.1. The third-order valence-electron chi connectivity index (χ3n) is 5.05. The summed E-state index contributed by atoms with van der Waals surface area (Å²) in [5, 5.41) is 3.50. The molecule has 2 aliphatic heterocycles. The van der Waals surface area contributed by atoms with E-state index in [0.717, 1.165) is 64.4 Å². The molecule has 0 aromatic rings. The number of nitrogens with zero attached hydrogens (tertiary/aromatic N) is 3. The number of esters is 1. The summed E-state index contributed by atoms with van der Waals surface area (Å²) in [6.07, 6.45) is 10.4. The Morgan fingerprint density at radius 1 is 1.18 bits per heavy atom. The summed E-state index contributed by atoms with van der Waals surface area (Å²) in [7, 11) is 1.87. The molecule has 2 rings (SSSR count). The molecule has 2 aliphatic rings. The topological polar surface area (TPSA) is 57.2 Å². The number of halogens is 1. The summed E-state index contributed by atoms with van der Waals surface area (Å²) in [6, 6.07) is 0.645. The van der Waals surface area contributed by atoms with Gasteiger partial charge in [0.25, 0.3) is 0 Å². The molecule has 1 fully saturated rings. The maximum absolute atomic E-state index is 11.7. The maximum atomic E-state index is 11.7. The lowest BCUT2D eigenvalue weighted by Crippen LogP contribution is -2.43. The lowest BCUT2D eigenvalue weighted by atomic mass is 10.1. The predicted molar refractivity (Wildman–Crippen MR) is 126 cm³/mol. The van der Waals surface area contributed by atoms with Gasteiger partial charge in [0.15, 0.2) is 5.96 Å². The van der Waals surface area contributed by atoms with Gasteiger partial charge in [0.05, 0.1) is 0 Å². The number of aliphatic imine (C=N–C) groups is 1. The van der Waals surface area contributed by atoms with Crippen LogP contribution < -0.4 is 5.32 Å². The first-order valence-corrected chi connectivity index (χ1v) is 10.5. The molecule has 1 unspecified atom stereocenters. The highest BCUT2D eigenvalue weighted by Gasteiger charge is 2.29. The van der Waals surface area contributed by atoms with E-state index < -0.39 is 0 Å². The lowest BCUT2D eigenvalue weighted by molar-refractivity contribution is -0.154. The van der Waals surface area contributed by atoms with E-state index in [1.165, 1.54) is 6.42 Å². The molecular formula is C21H39IN4O2. The highest BCUT2D eigenvalue weighted by molar-refractivity contribution is 14.0. The molecule has 0 aromatic heterocycles. The quantitative estimate of drug-likeness (QED) is 0.137. The number of hydrogen-bond acceptors (Lipinski definition) is 4. The number of hydrogen-bond donors (Lipinski definition) is 1. The van der Waals surface area contributed by atoms with Gasteiger partial charge >= 0.3 is 5.97 Å². The van der Waals surface area contributed by atoms with Crippen molar-refractivity contribution < 1.29 is 9.53 Å². The van der Waals surface area contributed by atoms with Crippen LogP contribution in [0.5, 0.6) is 0 Å². The molecule has 0 spiro atoms. The van der Waals surface area contributed by atoms with Gasteiger partial charge in [-0.15, -0.1) is 24.0 Å². The number of rotatable bonds is 8. The van der Waals surface area contributed by atoms with Crippen LogP contribution in [0.3, 0.4) is 0 Å². The van der Waals surface area contributed by atoms with Crippen molar-refractivity contribution in [1.82, 2.24) is 15.1 Å². The summed E-state index contributed by atoms with van der Waals surface area (Å²) >= 11 is 0. The number of ether oxygens (including phenoxy) is 1. The van der Waals surface area contributed by atoms with Gasteiger partial charge in [-0.05, 0) is 40.0 Å². The molecule has 1 N–H and O–H groups in total. The first kappa shape index (κ1) is 25.2. The number of guanidine groups is 1. The lowest BCUT2D eigenvalue weighted by Gasteiger charge is -2.25. The zero-order valence-corrected chi connectivity index (χ0v) is 20.4. The molecule has 6 nitrogen and oxygen atoms in total. The van der Waals surface area contributed by atoms with Crippen LogP contribution in [-0.4, -0.2) is 73.1 Å². The van der Waals surface area contributed by atoms with Gasteiger partial charge in [-0.2, -0.15) is 0 Å². The minimum atomic E-state index is -0.378. The standard InChI is InChI=1S/C21H38N4O2.HI/c1-21(2,3)27-19(26)11-7-5-6-8-13-23-20(22-4)25-16-12-18(17-25)24-14-9-10-15-24;/h9-10,18H,5-8,11-17H2,1-4H3,(H,22,23);1H.